The summed E-state index contributed by atoms with van der Waals surface area (Å²) in [6, 6.07) is 13.7. The molecule has 4 nitrogen and oxygen atoms in total. The molecule has 4 heteroatoms. The van der Waals surface area contributed by atoms with Gasteiger partial charge in [0, 0.05) is 13.1 Å². The molecule has 1 fully saturated rings. The highest BCUT2D eigenvalue weighted by molar-refractivity contribution is 5.92. The summed E-state index contributed by atoms with van der Waals surface area (Å²) in [6.45, 7) is 6.42. The van der Waals surface area contributed by atoms with E-state index in [1.54, 1.807) is 0 Å². The normalized spacial score (nSPS) is 16.7. The predicted octanol–water partition coefficient (Wildman–Crippen LogP) is 3.81. The largest absolute Gasteiger partial charge is 0.370 e. The number of aromatic nitrogens is 1. The predicted molar refractivity (Wildman–Crippen MR) is 97.2 cm³/mol. The van der Waals surface area contributed by atoms with Crippen LogP contribution >= 0.6 is 0 Å². The molecule has 0 radical (unpaired) electrons. The van der Waals surface area contributed by atoms with Crippen LogP contribution in [0.3, 0.4) is 0 Å². The maximum Gasteiger partial charge on any atom is 0.270 e. The molecular formula is C20H25N3O. The van der Waals surface area contributed by atoms with Gasteiger partial charge < -0.3 is 10.2 Å². The van der Waals surface area contributed by atoms with Crippen molar-refractivity contribution < 1.29 is 4.79 Å². The van der Waals surface area contributed by atoms with Gasteiger partial charge in [-0.05, 0) is 43.4 Å². The average Bonchev–Trinajstić information content (AvgIpc) is 2.63. The van der Waals surface area contributed by atoms with Crippen LogP contribution in [-0.4, -0.2) is 24.0 Å². The summed E-state index contributed by atoms with van der Waals surface area (Å²) in [5.41, 5.74) is 2.66. The van der Waals surface area contributed by atoms with Crippen LogP contribution < -0.4 is 10.2 Å². The Kier molecular flexibility index (Phi) is 5.14. The first kappa shape index (κ1) is 16.5. The third kappa shape index (κ3) is 3.94. The number of hydrogen-bond acceptors (Lipinski definition) is 3. The van der Waals surface area contributed by atoms with Gasteiger partial charge in [0.05, 0.1) is 17.9 Å². The molecular weight excluding hydrogens is 298 g/mol. The van der Waals surface area contributed by atoms with Crippen LogP contribution in [0.4, 0.5) is 5.69 Å². The molecule has 1 saturated heterocycles. The van der Waals surface area contributed by atoms with Crippen LogP contribution in [0.1, 0.15) is 48.8 Å². The van der Waals surface area contributed by atoms with Gasteiger partial charge in [-0.25, -0.2) is 4.98 Å². The molecule has 3 rings (SSSR count). The summed E-state index contributed by atoms with van der Waals surface area (Å²) in [5, 5.41) is 3.00. The fourth-order valence-corrected chi connectivity index (χ4v) is 3.07. The first-order valence-electron chi connectivity index (χ1n) is 8.70. The van der Waals surface area contributed by atoms with E-state index in [2.05, 4.69) is 22.1 Å². The Morgan fingerprint density at radius 1 is 1.17 bits per heavy atom. The molecule has 0 aliphatic carbocycles. The standard InChI is InChI=1S/C20H25N3O/c1-15-10-12-23(13-11-15)18-8-9-19(21-14-18)20(24)22-16(2)17-6-4-3-5-7-17/h3-9,14-16H,10-13H2,1-2H3,(H,22,24). The van der Waals surface area contributed by atoms with E-state index in [-0.39, 0.29) is 11.9 Å². The van der Waals surface area contributed by atoms with Gasteiger partial charge in [-0.3, -0.25) is 4.79 Å². The number of nitrogens with one attached hydrogen (secondary N) is 1. The molecule has 2 aromatic rings. The molecule has 0 saturated carbocycles. The van der Waals surface area contributed by atoms with Crippen LogP contribution in [0.2, 0.25) is 0 Å². The zero-order valence-corrected chi connectivity index (χ0v) is 14.4. The lowest BCUT2D eigenvalue weighted by atomic mass is 9.99. The maximum absolute atomic E-state index is 12.4. The molecule has 1 N–H and O–H groups in total. The van der Waals surface area contributed by atoms with Gasteiger partial charge in [0.15, 0.2) is 0 Å². The van der Waals surface area contributed by atoms with Gasteiger partial charge in [-0.2, -0.15) is 0 Å². The topological polar surface area (TPSA) is 45.2 Å². The second-order valence-corrected chi connectivity index (χ2v) is 6.68. The smallest absolute Gasteiger partial charge is 0.270 e. The minimum atomic E-state index is -0.134. The van der Waals surface area contributed by atoms with E-state index < -0.39 is 0 Å². The Balaban J connectivity index is 1.61. The summed E-state index contributed by atoms with van der Waals surface area (Å²) in [5.74, 6) is 0.670. The maximum atomic E-state index is 12.4. The quantitative estimate of drug-likeness (QED) is 0.930. The van der Waals surface area contributed by atoms with Crippen molar-refractivity contribution in [3.05, 3.63) is 59.9 Å². The highest BCUT2D eigenvalue weighted by Gasteiger charge is 2.17. The monoisotopic (exact) mass is 323 g/mol. The summed E-state index contributed by atoms with van der Waals surface area (Å²) < 4.78 is 0. The van der Waals surface area contributed by atoms with Crippen molar-refractivity contribution in [2.45, 2.75) is 32.7 Å². The zero-order chi connectivity index (χ0) is 16.9. The number of carbonyl (C=O) groups is 1. The number of anilines is 1. The van der Waals surface area contributed by atoms with Gasteiger partial charge in [-0.1, -0.05) is 37.3 Å². The number of hydrogen-bond donors (Lipinski definition) is 1. The Morgan fingerprint density at radius 3 is 2.50 bits per heavy atom. The SMILES string of the molecule is CC1CCN(c2ccc(C(=O)NC(C)c3ccccc3)nc2)CC1. The highest BCUT2D eigenvalue weighted by atomic mass is 16.1. The number of nitrogens with zero attached hydrogens (tertiary/aromatic N) is 2. The fraction of sp³-hybridized carbons (Fsp3) is 0.400. The molecule has 1 amide bonds. The molecule has 24 heavy (non-hydrogen) atoms. The minimum absolute atomic E-state index is 0.0382. The average molecular weight is 323 g/mol. The number of pyridine rings is 1. The van der Waals surface area contributed by atoms with E-state index in [9.17, 15) is 4.79 Å². The van der Waals surface area contributed by atoms with Gasteiger partial charge in [-0.15, -0.1) is 0 Å². The molecule has 0 spiro atoms. The van der Waals surface area contributed by atoms with E-state index >= 15 is 0 Å². The lowest BCUT2D eigenvalue weighted by Gasteiger charge is -2.31. The number of carbonyl (C=O) groups excluding carboxylic acids is 1. The van der Waals surface area contributed by atoms with Gasteiger partial charge in [0.2, 0.25) is 0 Å². The van der Waals surface area contributed by atoms with Crippen molar-refractivity contribution >= 4 is 11.6 Å². The lowest BCUT2D eigenvalue weighted by Crippen LogP contribution is -2.33. The minimum Gasteiger partial charge on any atom is -0.370 e. The molecule has 1 aromatic carbocycles. The first-order valence-corrected chi connectivity index (χ1v) is 8.70. The van der Waals surface area contributed by atoms with Gasteiger partial charge in [0.25, 0.3) is 5.91 Å². The molecule has 1 atom stereocenters. The highest BCUT2D eigenvalue weighted by Crippen LogP contribution is 2.22. The Labute approximate surface area is 143 Å². The molecule has 0 bridgehead atoms. The van der Waals surface area contributed by atoms with E-state index in [0.717, 1.165) is 30.3 Å². The van der Waals surface area contributed by atoms with E-state index in [1.807, 2.05) is 55.6 Å². The van der Waals surface area contributed by atoms with E-state index in [0.29, 0.717) is 5.69 Å². The Morgan fingerprint density at radius 2 is 1.88 bits per heavy atom. The summed E-state index contributed by atoms with van der Waals surface area (Å²) in [7, 11) is 0. The summed E-state index contributed by atoms with van der Waals surface area (Å²) >= 11 is 0. The fourth-order valence-electron chi connectivity index (χ4n) is 3.07. The third-order valence-electron chi connectivity index (χ3n) is 4.78. The van der Waals surface area contributed by atoms with Crippen molar-refractivity contribution in [1.29, 1.82) is 0 Å². The van der Waals surface area contributed by atoms with Crippen molar-refractivity contribution in [1.82, 2.24) is 10.3 Å². The van der Waals surface area contributed by atoms with Crippen LogP contribution in [0.25, 0.3) is 0 Å². The van der Waals surface area contributed by atoms with Gasteiger partial charge in [0.1, 0.15) is 5.69 Å². The van der Waals surface area contributed by atoms with Crippen LogP contribution in [-0.2, 0) is 0 Å². The number of piperidine rings is 1. The Hall–Kier alpha value is -2.36. The van der Waals surface area contributed by atoms with E-state index in [4.69, 9.17) is 0 Å². The van der Waals surface area contributed by atoms with Crippen molar-refractivity contribution in [2.24, 2.45) is 5.92 Å². The van der Waals surface area contributed by atoms with Crippen molar-refractivity contribution in [2.75, 3.05) is 18.0 Å². The molecule has 2 heterocycles. The first-order chi connectivity index (χ1) is 11.6. The van der Waals surface area contributed by atoms with Crippen LogP contribution in [0, 0.1) is 5.92 Å². The van der Waals surface area contributed by atoms with Crippen LogP contribution in [0.5, 0.6) is 0 Å². The summed E-state index contributed by atoms with van der Waals surface area (Å²) in [4.78, 5) is 19.1. The number of benzene rings is 1. The van der Waals surface area contributed by atoms with Gasteiger partial charge >= 0.3 is 0 Å². The van der Waals surface area contributed by atoms with Crippen molar-refractivity contribution in [3.63, 3.8) is 0 Å². The molecule has 1 unspecified atom stereocenters. The number of amides is 1. The molecule has 1 aliphatic rings. The lowest BCUT2D eigenvalue weighted by molar-refractivity contribution is 0.0935. The molecule has 1 aliphatic heterocycles. The zero-order valence-electron chi connectivity index (χ0n) is 14.4. The van der Waals surface area contributed by atoms with Crippen LogP contribution in [0.15, 0.2) is 48.7 Å². The molecule has 126 valence electrons. The number of rotatable bonds is 4. The van der Waals surface area contributed by atoms with E-state index in [1.165, 1.54) is 12.8 Å². The van der Waals surface area contributed by atoms with Crippen molar-refractivity contribution in [3.8, 4) is 0 Å². The second-order valence-electron chi connectivity index (χ2n) is 6.68. The summed E-state index contributed by atoms with van der Waals surface area (Å²) in [6.07, 6.45) is 4.26. The third-order valence-corrected chi connectivity index (χ3v) is 4.78. The Bertz CT molecular complexity index is 661. The second kappa shape index (κ2) is 7.47. The molecule has 1 aromatic heterocycles.